The summed E-state index contributed by atoms with van der Waals surface area (Å²) in [6, 6.07) is 0. The van der Waals surface area contributed by atoms with Gasteiger partial charge in [0, 0.05) is 0 Å². The van der Waals surface area contributed by atoms with Crippen molar-refractivity contribution in [3.05, 3.63) is 0 Å². The van der Waals surface area contributed by atoms with Crippen molar-refractivity contribution in [2.75, 3.05) is 0 Å². The molecule has 66 valence electrons. The second-order valence-electron chi connectivity index (χ2n) is 2.35. The number of aromatic hydroxyl groups is 4. The molecule has 12 heavy (non-hydrogen) atoms. The van der Waals surface area contributed by atoms with Crippen molar-refractivity contribution < 1.29 is 31.9 Å². The summed E-state index contributed by atoms with van der Waals surface area (Å²) in [5, 5.41) is 36.3. The van der Waals surface area contributed by atoms with E-state index in [1.165, 1.54) is 0 Å². The van der Waals surface area contributed by atoms with Crippen LogP contribution in [0.15, 0.2) is 0 Å². The molecule has 0 aliphatic carbocycles. The van der Waals surface area contributed by atoms with Gasteiger partial charge in [0.05, 0.1) is 0 Å². The minimum Gasteiger partial charge on any atom is -0.500 e. The second-order valence-corrected chi connectivity index (χ2v) is 2.35. The van der Waals surface area contributed by atoms with E-state index in [4.69, 9.17) is 20.4 Å². The molecule has 0 fully saturated rings. The molecule has 0 bridgehead atoms. The largest absolute Gasteiger partial charge is 0.500 e. The van der Waals surface area contributed by atoms with Crippen LogP contribution in [-0.4, -0.2) is 20.4 Å². The van der Waals surface area contributed by atoms with Crippen LogP contribution in [0.25, 0.3) is 0 Å². The normalized spacial score (nSPS) is 10.2. The summed E-state index contributed by atoms with van der Waals surface area (Å²) >= 11 is 0. The average Bonchev–Trinajstić information content (AvgIpc) is 2.08. The van der Waals surface area contributed by atoms with Gasteiger partial charge < -0.3 is 31.9 Å². The van der Waals surface area contributed by atoms with Crippen molar-refractivity contribution in [2.45, 2.75) is 0 Å². The highest BCUT2D eigenvalue weighted by atomic mass is 16.3. The zero-order chi connectivity index (χ0) is 9.46. The van der Waals surface area contributed by atoms with E-state index in [1.54, 1.807) is 0 Å². The van der Waals surface area contributed by atoms with Gasteiger partial charge in [0.2, 0.25) is 34.4 Å². The molecule has 0 unspecified atom stereocenters. The van der Waals surface area contributed by atoms with Gasteiger partial charge in [-0.15, -0.1) is 0 Å². The Kier molecular flexibility index (Phi) is 1.71. The lowest BCUT2D eigenvalue weighted by Gasteiger charge is -2.03. The van der Waals surface area contributed by atoms with Gasteiger partial charge in [-0.25, -0.2) is 0 Å². The van der Waals surface area contributed by atoms with Crippen molar-refractivity contribution >= 4 is 11.4 Å². The fraction of sp³-hybridized carbons (Fsp3) is 0. The monoisotopic (exact) mass is 174 g/mol. The Balaban J connectivity index is 3.60. The molecule has 0 radical (unpaired) electrons. The fourth-order valence-corrected chi connectivity index (χ4v) is 0.796. The summed E-state index contributed by atoms with van der Waals surface area (Å²) in [6.07, 6.45) is 0. The summed E-state index contributed by atoms with van der Waals surface area (Å²) in [5.41, 5.74) is 6.02. The number of hydrogen-bond donors (Lipinski definition) is 6. The number of benzene rings is 1. The predicted molar refractivity (Wildman–Crippen MR) is 38.2 cm³/mol. The molecule has 0 aromatic heterocycles. The molecule has 0 saturated carbocycles. The Bertz CT molecular complexity index is 232. The number of quaternary nitrogens is 2. The van der Waals surface area contributed by atoms with Crippen LogP contribution in [0, 0.1) is 0 Å². The summed E-state index contributed by atoms with van der Waals surface area (Å²) in [6.45, 7) is 0. The van der Waals surface area contributed by atoms with Crippen LogP contribution in [0.2, 0.25) is 0 Å². The zero-order valence-corrected chi connectivity index (χ0v) is 6.20. The minimum atomic E-state index is -0.574. The van der Waals surface area contributed by atoms with Gasteiger partial charge in [0.25, 0.3) is 0 Å². The second kappa shape index (κ2) is 2.43. The summed E-state index contributed by atoms with van der Waals surface area (Å²) < 4.78 is 0. The van der Waals surface area contributed by atoms with Gasteiger partial charge in [0.15, 0.2) is 0 Å². The minimum absolute atomic E-state index is 0.225. The SMILES string of the molecule is [NH3+]c1c(O)c(O)c([NH3+])c(O)c1O. The van der Waals surface area contributed by atoms with Crippen molar-refractivity contribution in [3.63, 3.8) is 0 Å². The first-order chi connectivity index (χ1) is 5.46. The molecule has 0 aliphatic heterocycles. The van der Waals surface area contributed by atoms with Crippen molar-refractivity contribution in [1.82, 2.24) is 0 Å². The number of hydrogen-bond acceptors (Lipinski definition) is 4. The number of phenols is 4. The molecule has 1 aromatic rings. The van der Waals surface area contributed by atoms with Gasteiger partial charge >= 0.3 is 0 Å². The third kappa shape index (κ3) is 0.900. The van der Waals surface area contributed by atoms with Crippen LogP contribution in [0.5, 0.6) is 23.0 Å². The highest BCUT2D eigenvalue weighted by Crippen LogP contribution is 2.48. The lowest BCUT2D eigenvalue weighted by molar-refractivity contribution is -0.265. The third-order valence-corrected chi connectivity index (χ3v) is 1.59. The highest BCUT2D eigenvalue weighted by Gasteiger charge is 2.24. The van der Waals surface area contributed by atoms with E-state index in [0.717, 1.165) is 0 Å². The van der Waals surface area contributed by atoms with Gasteiger partial charge in [-0.1, -0.05) is 0 Å². The van der Waals surface area contributed by atoms with Crippen molar-refractivity contribution in [2.24, 2.45) is 0 Å². The van der Waals surface area contributed by atoms with Gasteiger partial charge in [-0.3, -0.25) is 0 Å². The predicted octanol–water partition coefficient (Wildman–Crippen LogP) is -1.74. The lowest BCUT2D eigenvalue weighted by Crippen LogP contribution is -2.43. The quantitative estimate of drug-likeness (QED) is 0.205. The van der Waals surface area contributed by atoms with Gasteiger partial charge in [-0.2, -0.15) is 0 Å². The Hall–Kier alpha value is -1.66. The van der Waals surface area contributed by atoms with E-state index in [9.17, 15) is 0 Å². The molecular weight excluding hydrogens is 164 g/mol. The van der Waals surface area contributed by atoms with Crippen LogP contribution in [-0.2, 0) is 0 Å². The standard InChI is InChI=1S/C6H8N2O4/c7-1-3(9)5(11)2(8)6(12)4(1)10/h9-12H,7-8H2/p+2. The number of rotatable bonds is 0. The molecule has 0 amide bonds. The first-order valence-electron chi connectivity index (χ1n) is 3.10. The van der Waals surface area contributed by atoms with Crippen LogP contribution in [0.3, 0.4) is 0 Å². The van der Waals surface area contributed by atoms with Gasteiger partial charge in [0.1, 0.15) is 0 Å². The van der Waals surface area contributed by atoms with Crippen LogP contribution >= 0.6 is 0 Å². The maximum atomic E-state index is 9.07. The number of phenolic OH excluding ortho intramolecular Hbond substituents is 4. The maximum Gasteiger partial charge on any atom is 0.230 e. The molecule has 0 heterocycles. The summed E-state index contributed by atoms with van der Waals surface area (Å²) in [5.74, 6) is -2.30. The van der Waals surface area contributed by atoms with E-state index < -0.39 is 23.0 Å². The van der Waals surface area contributed by atoms with Crippen molar-refractivity contribution in [1.29, 1.82) is 0 Å². The Morgan fingerprint density at radius 2 is 0.750 bits per heavy atom. The van der Waals surface area contributed by atoms with Crippen LogP contribution < -0.4 is 11.5 Å². The Morgan fingerprint density at radius 1 is 0.583 bits per heavy atom. The Morgan fingerprint density at radius 3 is 0.917 bits per heavy atom. The first-order valence-corrected chi connectivity index (χ1v) is 3.10. The summed E-state index contributed by atoms with van der Waals surface area (Å²) in [7, 11) is 0. The lowest BCUT2D eigenvalue weighted by atomic mass is 10.2. The molecule has 0 saturated heterocycles. The molecule has 6 heteroatoms. The molecule has 0 atom stereocenters. The Labute approximate surface area is 67.3 Å². The molecule has 1 aromatic carbocycles. The van der Waals surface area contributed by atoms with Crippen LogP contribution in [0.4, 0.5) is 11.4 Å². The van der Waals surface area contributed by atoms with E-state index in [1.807, 2.05) is 0 Å². The molecule has 0 aliphatic rings. The first kappa shape index (κ1) is 8.44. The molecular formula is C6H10N2O4+2. The van der Waals surface area contributed by atoms with E-state index in [-0.39, 0.29) is 11.4 Å². The molecule has 6 nitrogen and oxygen atoms in total. The smallest absolute Gasteiger partial charge is 0.230 e. The molecule has 0 spiro atoms. The van der Waals surface area contributed by atoms with E-state index in [2.05, 4.69) is 11.5 Å². The average molecular weight is 174 g/mol. The zero-order valence-electron chi connectivity index (χ0n) is 6.20. The van der Waals surface area contributed by atoms with E-state index >= 15 is 0 Å². The van der Waals surface area contributed by atoms with Crippen LogP contribution in [0.1, 0.15) is 0 Å². The highest BCUT2D eigenvalue weighted by molar-refractivity contribution is 5.76. The van der Waals surface area contributed by atoms with Gasteiger partial charge in [-0.05, 0) is 0 Å². The molecule has 10 N–H and O–H groups in total. The fourth-order valence-electron chi connectivity index (χ4n) is 0.796. The third-order valence-electron chi connectivity index (χ3n) is 1.59. The maximum absolute atomic E-state index is 9.07. The topological polar surface area (TPSA) is 136 Å². The molecule has 1 rings (SSSR count). The van der Waals surface area contributed by atoms with Crippen molar-refractivity contribution in [3.8, 4) is 23.0 Å². The van der Waals surface area contributed by atoms with E-state index in [0.29, 0.717) is 0 Å². The summed E-state index contributed by atoms with van der Waals surface area (Å²) in [4.78, 5) is 0.